The molecule has 8 heavy (non-hydrogen) atoms. The quantitative estimate of drug-likeness (QED) is 0.537. The molecule has 0 bridgehead atoms. The number of halogens is 1. The van der Waals surface area contributed by atoms with Crippen LogP contribution >= 0.6 is 28.6 Å². The van der Waals surface area contributed by atoms with Gasteiger partial charge in [-0.2, -0.15) is 12.6 Å². The fraction of sp³-hybridized carbons (Fsp3) is 0.800. The van der Waals surface area contributed by atoms with E-state index >= 15 is 0 Å². The van der Waals surface area contributed by atoms with Gasteiger partial charge in [-0.15, -0.1) is 0 Å². The van der Waals surface area contributed by atoms with E-state index in [4.69, 9.17) is 0 Å². The molecule has 0 fully saturated rings. The molecule has 0 aliphatic carbocycles. The molecule has 0 aromatic carbocycles. The number of carbonyl (C=O) groups excluding carboxylic acids is 1. The first-order chi connectivity index (χ1) is 3.72. The summed E-state index contributed by atoms with van der Waals surface area (Å²) >= 11 is 7.03. The average Bonchev–Trinajstić information content (AvgIpc) is 1.84. The first-order valence-corrected chi connectivity index (χ1v) is 4.04. The molecule has 0 aliphatic rings. The van der Waals surface area contributed by atoms with E-state index in [9.17, 15) is 4.79 Å². The van der Waals surface area contributed by atoms with Crippen LogP contribution in [0.3, 0.4) is 0 Å². The molecule has 0 amide bonds. The predicted octanol–water partition coefficient (Wildman–Crippen LogP) is 1.66. The van der Waals surface area contributed by atoms with Crippen LogP contribution < -0.4 is 0 Å². The minimum absolute atomic E-state index is 0.0139. The second kappa shape index (κ2) is 4.39. The standard InChI is InChI=1S/C5H9BrOS/c1-2-4(6)5(7)3-8/h4,8H,2-3H2,1H3. The second-order valence-electron chi connectivity index (χ2n) is 1.50. The lowest BCUT2D eigenvalue weighted by molar-refractivity contribution is -0.116. The summed E-state index contributed by atoms with van der Waals surface area (Å²) in [5.74, 6) is 0.500. The highest BCUT2D eigenvalue weighted by atomic mass is 79.9. The summed E-state index contributed by atoms with van der Waals surface area (Å²) in [5.41, 5.74) is 0. The van der Waals surface area contributed by atoms with Crippen LogP contribution in [0.1, 0.15) is 13.3 Å². The zero-order chi connectivity index (χ0) is 6.57. The monoisotopic (exact) mass is 196 g/mol. The Bertz CT molecular complexity index is 84.5. The minimum atomic E-state index is 0.0139. The molecule has 0 rings (SSSR count). The highest BCUT2D eigenvalue weighted by Crippen LogP contribution is 2.05. The number of alkyl halides is 1. The van der Waals surface area contributed by atoms with Crippen molar-refractivity contribution >= 4 is 34.3 Å². The highest BCUT2D eigenvalue weighted by molar-refractivity contribution is 9.10. The van der Waals surface area contributed by atoms with Crippen LogP contribution in [0.15, 0.2) is 0 Å². The lowest BCUT2D eigenvalue weighted by atomic mass is 10.2. The van der Waals surface area contributed by atoms with Gasteiger partial charge in [0.05, 0.1) is 10.6 Å². The zero-order valence-electron chi connectivity index (χ0n) is 4.72. The SMILES string of the molecule is CCC(Br)C(=O)CS. The number of hydrogen-bond acceptors (Lipinski definition) is 2. The van der Waals surface area contributed by atoms with E-state index in [2.05, 4.69) is 28.6 Å². The number of thiol groups is 1. The van der Waals surface area contributed by atoms with E-state index in [0.717, 1.165) is 6.42 Å². The largest absolute Gasteiger partial charge is 0.298 e. The Kier molecular flexibility index (Phi) is 4.66. The van der Waals surface area contributed by atoms with Crippen molar-refractivity contribution in [2.45, 2.75) is 18.2 Å². The van der Waals surface area contributed by atoms with Crippen molar-refractivity contribution in [2.75, 3.05) is 5.75 Å². The minimum Gasteiger partial charge on any atom is -0.298 e. The Labute approximate surface area is 63.4 Å². The fourth-order valence-electron chi connectivity index (χ4n) is 0.327. The van der Waals surface area contributed by atoms with Gasteiger partial charge in [0.2, 0.25) is 0 Å². The van der Waals surface area contributed by atoms with E-state index < -0.39 is 0 Å². The summed E-state index contributed by atoms with van der Waals surface area (Å²) in [6.45, 7) is 1.96. The molecule has 0 aliphatic heterocycles. The van der Waals surface area contributed by atoms with Gasteiger partial charge in [-0.3, -0.25) is 4.79 Å². The smallest absolute Gasteiger partial charge is 0.156 e. The molecule has 0 spiro atoms. The van der Waals surface area contributed by atoms with Crippen LogP contribution in [0, 0.1) is 0 Å². The molecule has 0 saturated heterocycles. The van der Waals surface area contributed by atoms with Crippen LogP contribution in [-0.4, -0.2) is 16.4 Å². The van der Waals surface area contributed by atoms with E-state index in [0.29, 0.717) is 5.75 Å². The summed E-state index contributed by atoms with van der Waals surface area (Å²) in [4.78, 5) is 10.6. The van der Waals surface area contributed by atoms with Crippen molar-refractivity contribution in [2.24, 2.45) is 0 Å². The van der Waals surface area contributed by atoms with Crippen molar-refractivity contribution < 1.29 is 4.79 Å². The molecule has 0 aromatic heterocycles. The van der Waals surface area contributed by atoms with Gasteiger partial charge in [-0.25, -0.2) is 0 Å². The Balaban J connectivity index is 3.46. The van der Waals surface area contributed by atoms with Gasteiger partial charge in [0, 0.05) is 0 Å². The number of hydrogen-bond donors (Lipinski definition) is 1. The second-order valence-corrected chi connectivity index (χ2v) is 2.92. The van der Waals surface area contributed by atoms with Gasteiger partial charge in [0.25, 0.3) is 0 Å². The normalized spacial score (nSPS) is 13.4. The maximum Gasteiger partial charge on any atom is 0.156 e. The fourth-order valence-corrected chi connectivity index (χ4v) is 0.959. The third-order valence-corrected chi connectivity index (χ3v) is 2.33. The van der Waals surface area contributed by atoms with Crippen LogP contribution in [0.25, 0.3) is 0 Å². The molecular weight excluding hydrogens is 188 g/mol. The number of rotatable bonds is 3. The van der Waals surface area contributed by atoms with E-state index in [1.807, 2.05) is 6.92 Å². The maximum atomic E-state index is 10.6. The van der Waals surface area contributed by atoms with Crippen molar-refractivity contribution in [1.82, 2.24) is 0 Å². The number of carbonyl (C=O) groups is 1. The van der Waals surface area contributed by atoms with Crippen LogP contribution in [-0.2, 0) is 4.79 Å². The highest BCUT2D eigenvalue weighted by Gasteiger charge is 2.08. The van der Waals surface area contributed by atoms with Crippen LogP contribution in [0.4, 0.5) is 0 Å². The van der Waals surface area contributed by atoms with Crippen LogP contribution in [0.5, 0.6) is 0 Å². The Hall–Kier alpha value is 0.500. The first kappa shape index (κ1) is 8.50. The molecule has 3 heteroatoms. The first-order valence-electron chi connectivity index (χ1n) is 2.50. The number of ketones is 1. The Morgan fingerprint density at radius 3 is 2.50 bits per heavy atom. The maximum absolute atomic E-state index is 10.6. The van der Waals surface area contributed by atoms with E-state index in [1.165, 1.54) is 0 Å². The van der Waals surface area contributed by atoms with Gasteiger partial charge in [0.15, 0.2) is 5.78 Å². The molecule has 1 nitrogen and oxygen atoms in total. The molecule has 0 N–H and O–H groups in total. The van der Waals surface area contributed by atoms with E-state index in [1.54, 1.807) is 0 Å². The molecule has 0 aromatic rings. The molecule has 0 heterocycles. The van der Waals surface area contributed by atoms with E-state index in [-0.39, 0.29) is 10.6 Å². The predicted molar refractivity (Wildman–Crippen MR) is 41.9 cm³/mol. The summed E-state index contributed by atoms with van der Waals surface area (Å²) in [6.07, 6.45) is 0.847. The Morgan fingerprint density at radius 2 is 2.38 bits per heavy atom. The van der Waals surface area contributed by atoms with Crippen molar-refractivity contribution in [3.63, 3.8) is 0 Å². The summed E-state index contributed by atoms with van der Waals surface area (Å²) in [5, 5.41) is 0. The van der Waals surface area contributed by atoms with Crippen molar-refractivity contribution in [3.05, 3.63) is 0 Å². The summed E-state index contributed by atoms with van der Waals surface area (Å²) in [6, 6.07) is 0. The van der Waals surface area contributed by atoms with Gasteiger partial charge in [-0.1, -0.05) is 22.9 Å². The molecular formula is C5H9BrOS. The third kappa shape index (κ3) is 2.72. The lowest BCUT2D eigenvalue weighted by Gasteiger charge is -1.99. The van der Waals surface area contributed by atoms with Gasteiger partial charge in [0.1, 0.15) is 0 Å². The third-order valence-electron chi connectivity index (χ3n) is 0.864. The zero-order valence-corrected chi connectivity index (χ0v) is 7.21. The molecule has 0 radical (unpaired) electrons. The summed E-state index contributed by atoms with van der Waals surface area (Å²) in [7, 11) is 0. The molecule has 48 valence electrons. The van der Waals surface area contributed by atoms with Crippen molar-refractivity contribution in [1.29, 1.82) is 0 Å². The van der Waals surface area contributed by atoms with Crippen LogP contribution in [0.2, 0.25) is 0 Å². The number of Topliss-reactive ketones (excluding diaryl/α,β-unsaturated/α-hetero) is 1. The molecule has 1 atom stereocenters. The van der Waals surface area contributed by atoms with Crippen molar-refractivity contribution in [3.8, 4) is 0 Å². The lowest BCUT2D eigenvalue weighted by Crippen LogP contribution is -2.13. The summed E-state index contributed by atoms with van der Waals surface area (Å²) < 4.78 is 0. The molecule has 0 saturated carbocycles. The average molecular weight is 197 g/mol. The topological polar surface area (TPSA) is 17.1 Å². The van der Waals surface area contributed by atoms with Gasteiger partial charge in [-0.05, 0) is 6.42 Å². The molecule has 1 unspecified atom stereocenters. The van der Waals surface area contributed by atoms with Gasteiger partial charge >= 0.3 is 0 Å². The van der Waals surface area contributed by atoms with Gasteiger partial charge < -0.3 is 0 Å². The Morgan fingerprint density at radius 1 is 1.88 bits per heavy atom.